The van der Waals surface area contributed by atoms with Crippen LogP contribution in [0.25, 0.3) is 5.69 Å². The average molecular weight is 551 g/mol. The Morgan fingerprint density at radius 2 is 1.66 bits per heavy atom. The number of ether oxygens (including phenoxy) is 3. The van der Waals surface area contributed by atoms with Crippen LogP contribution in [0, 0.1) is 0 Å². The van der Waals surface area contributed by atoms with E-state index in [0.717, 1.165) is 29.8 Å². The number of methoxy groups -OCH3 is 3. The molecule has 9 heteroatoms. The molecule has 0 unspecified atom stereocenters. The zero-order valence-electron chi connectivity index (χ0n) is 18.8. The first kappa shape index (κ1) is 25.3. The van der Waals surface area contributed by atoms with Gasteiger partial charge < -0.3 is 24.8 Å². The van der Waals surface area contributed by atoms with Gasteiger partial charge in [-0.05, 0) is 41.8 Å². The van der Waals surface area contributed by atoms with Crippen LogP contribution in [-0.4, -0.2) is 50.7 Å². The van der Waals surface area contributed by atoms with Crippen molar-refractivity contribution in [3.8, 4) is 22.9 Å². The second kappa shape index (κ2) is 12.8. The smallest absolute Gasteiger partial charge is 0.203 e. The molecule has 0 aliphatic rings. The number of halogens is 1. The van der Waals surface area contributed by atoms with Gasteiger partial charge in [0.05, 0.1) is 33.2 Å². The third-order valence-corrected chi connectivity index (χ3v) is 4.77. The van der Waals surface area contributed by atoms with E-state index in [1.165, 1.54) is 0 Å². The summed E-state index contributed by atoms with van der Waals surface area (Å²) in [5.41, 5.74) is 3.18. The fourth-order valence-electron chi connectivity index (χ4n) is 3.18. The molecular formula is C23H30IN5O3. The highest BCUT2D eigenvalue weighted by molar-refractivity contribution is 14.0. The Morgan fingerprint density at radius 3 is 2.25 bits per heavy atom. The summed E-state index contributed by atoms with van der Waals surface area (Å²) in [5.74, 6) is 2.53. The van der Waals surface area contributed by atoms with Gasteiger partial charge >= 0.3 is 0 Å². The van der Waals surface area contributed by atoms with Crippen LogP contribution >= 0.6 is 24.0 Å². The predicted octanol–water partition coefficient (Wildman–Crippen LogP) is 3.42. The molecule has 3 rings (SSSR count). The van der Waals surface area contributed by atoms with E-state index in [4.69, 9.17) is 14.2 Å². The molecule has 2 N–H and O–H groups in total. The zero-order valence-corrected chi connectivity index (χ0v) is 21.1. The Morgan fingerprint density at radius 1 is 0.969 bits per heavy atom. The average Bonchev–Trinajstić information content (AvgIpc) is 3.30. The Bertz CT molecular complexity index is 983. The van der Waals surface area contributed by atoms with Crippen molar-refractivity contribution in [3.63, 3.8) is 0 Å². The molecule has 8 nitrogen and oxygen atoms in total. The molecule has 0 aliphatic heterocycles. The number of aliphatic imine (C=N–C) groups is 1. The molecule has 1 aromatic heterocycles. The first-order chi connectivity index (χ1) is 15.2. The van der Waals surface area contributed by atoms with E-state index in [0.29, 0.717) is 29.8 Å². The molecule has 0 spiro atoms. The lowest BCUT2D eigenvalue weighted by Crippen LogP contribution is -2.37. The summed E-state index contributed by atoms with van der Waals surface area (Å²) in [7, 11) is 6.55. The van der Waals surface area contributed by atoms with Gasteiger partial charge in [0, 0.05) is 26.3 Å². The number of hydrogen-bond donors (Lipinski definition) is 2. The van der Waals surface area contributed by atoms with E-state index < -0.39 is 0 Å². The standard InChI is InChI=1S/C23H29N5O3.HI/c1-24-23(26-14-18-12-20(29-2)22(31-4)21(13-18)30-3)25-11-10-17-15-27-28(16-17)19-8-6-5-7-9-19;/h5-9,12-13,15-16H,10-11,14H2,1-4H3,(H2,24,25,26);1H. The van der Waals surface area contributed by atoms with E-state index in [1.807, 2.05) is 59.5 Å². The number of rotatable bonds is 9. The van der Waals surface area contributed by atoms with Crippen molar-refractivity contribution in [2.24, 2.45) is 4.99 Å². The van der Waals surface area contributed by atoms with Gasteiger partial charge in [0.1, 0.15) is 0 Å². The Hall–Kier alpha value is -2.95. The van der Waals surface area contributed by atoms with Gasteiger partial charge in [0.25, 0.3) is 0 Å². The molecule has 0 atom stereocenters. The molecular weight excluding hydrogens is 521 g/mol. The van der Waals surface area contributed by atoms with Gasteiger partial charge in [-0.3, -0.25) is 4.99 Å². The summed E-state index contributed by atoms with van der Waals surface area (Å²) in [6.45, 7) is 1.29. The maximum absolute atomic E-state index is 5.41. The molecule has 0 aliphatic carbocycles. The Kier molecular flexibility index (Phi) is 10.1. The molecule has 0 saturated heterocycles. The normalized spacial score (nSPS) is 10.8. The largest absolute Gasteiger partial charge is 0.493 e. The molecule has 0 amide bonds. The fourth-order valence-corrected chi connectivity index (χ4v) is 3.18. The van der Waals surface area contributed by atoms with Gasteiger partial charge in [-0.2, -0.15) is 5.10 Å². The van der Waals surface area contributed by atoms with Gasteiger partial charge in [0.2, 0.25) is 5.75 Å². The van der Waals surface area contributed by atoms with Crippen molar-refractivity contribution in [1.29, 1.82) is 0 Å². The van der Waals surface area contributed by atoms with Gasteiger partial charge in [-0.25, -0.2) is 4.68 Å². The van der Waals surface area contributed by atoms with Crippen molar-refractivity contribution >= 4 is 29.9 Å². The quantitative estimate of drug-likeness (QED) is 0.241. The number of hydrogen-bond acceptors (Lipinski definition) is 5. The highest BCUT2D eigenvalue weighted by Crippen LogP contribution is 2.38. The topological polar surface area (TPSA) is 81.9 Å². The number of aromatic nitrogens is 2. The van der Waals surface area contributed by atoms with Crippen molar-refractivity contribution in [3.05, 3.63) is 66.0 Å². The zero-order chi connectivity index (χ0) is 22.1. The van der Waals surface area contributed by atoms with Crippen LogP contribution in [0.3, 0.4) is 0 Å². The molecule has 0 fully saturated rings. The second-order valence-corrected chi connectivity index (χ2v) is 6.76. The highest BCUT2D eigenvalue weighted by Gasteiger charge is 2.13. The van der Waals surface area contributed by atoms with Crippen molar-refractivity contribution < 1.29 is 14.2 Å². The van der Waals surface area contributed by atoms with Crippen LogP contribution in [-0.2, 0) is 13.0 Å². The first-order valence-corrected chi connectivity index (χ1v) is 10.0. The minimum atomic E-state index is 0. The maximum atomic E-state index is 5.41. The SMILES string of the molecule is CN=C(NCCc1cnn(-c2ccccc2)c1)NCc1cc(OC)c(OC)c(OC)c1.I. The van der Waals surface area contributed by atoms with Crippen molar-refractivity contribution in [1.82, 2.24) is 20.4 Å². The predicted molar refractivity (Wildman–Crippen MR) is 137 cm³/mol. The molecule has 2 aromatic carbocycles. The van der Waals surface area contributed by atoms with E-state index in [1.54, 1.807) is 28.4 Å². The Balaban J connectivity index is 0.00000363. The third-order valence-electron chi connectivity index (χ3n) is 4.77. The molecule has 172 valence electrons. The molecule has 1 heterocycles. The van der Waals surface area contributed by atoms with E-state index in [-0.39, 0.29) is 24.0 Å². The first-order valence-electron chi connectivity index (χ1n) is 10.0. The molecule has 32 heavy (non-hydrogen) atoms. The number of nitrogens with one attached hydrogen (secondary N) is 2. The third kappa shape index (κ3) is 6.52. The van der Waals surface area contributed by atoms with Crippen LogP contribution in [0.15, 0.2) is 59.9 Å². The number of para-hydroxylation sites is 1. The van der Waals surface area contributed by atoms with Gasteiger partial charge in [-0.1, -0.05) is 18.2 Å². The van der Waals surface area contributed by atoms with Crippen LogP contribution in [0.2, 0.25) is 0 Å². The van der Waals surface area contributed by atoms with E-state index in [9.17, 15) is 0 Å². The van der Waals surface area contributed by atoms with Crippen LogP contribution in [0.4, 0.5) is 0 Å². The summed E-state index contributed by atoms with van der Waals surface area (Å²) < 4.78 is 18.1. The Labute approximate surface area is 206 Å². The molecule has 0 saturated carbocycles. The highest BCUT2D eigenvalue weighted by atomic mass is 127. The monoisotopic (exact) mass is 551 g/mol. The molecule has 3 aromatic rings. The van der Waals surface area contributed by atoms with Crippen LogP contribution in [0.1, 0.15) is 11.1 Å². The van der Waals surface area contributed by atoms with Crippen LogP contribution < -0.4 is 24.8 Å². The number of nitrogens with zero attached hydrogens (tertiary/aromatic N) is 3. The molecule has 0 bridgehead atoms. The lowest BCUT2D eigenvalue weighted by molar-refractivity contribution is 0.323. The van der Waals surface area contributed by atoms with E-state index in [2.05, 4.69) is 20.7 Å². The summed E-state index contributed by atoms with van der Waals surface area (Å²) in [5, 5.41) is 11.1. The summed E-state index contributed by atoms with van der Waals surface area (Å²) in [4.78, 5) is 4.29. The summed E-state index contributed by atoms with van der Waals surface area (Å²) in [6, 6.07) is 13.9. The van der Waals surface area contributed by atoms with Crippen molar-refractivity contribution in [2.45, 2.75) is 13.0 Å². The van der Waals surface area contributed by atoms with Crippen LogP contribution in [0.5, 0.6) is 17.2 Å². The van der Waals surface area contributed by atoms with Gasteiger partial charge in [-0.15, -0.1) is 24.0 Å². The minimum Gasteiger partial charge on any atom is -0.493 e. The number of guanidine groups is 1. The number of benzene rings is 2. The minimum absolute atomic E-state index is 0. The molecule has 0 radical (unpaired) electrons. The summed E-state index contributed by atoms with van der Waals surface area (Å²) in [6.07, 6.45) is 4.77. The lowest BCUT2D eigenvalue weighted by Gasteiger charge is -2.15. The fraction of sp³-hybridized carbons (Fsp3) is 0.304. The van der Waals surface area contributed by atoms with Crippen molar-refractivity contribution in [2.75, 3.05) is 34.9 Å². The second-order valence-electron chi connectivity index (χ2n) is 6.76. The lowest BCUT2D eigenvalue weighted by atomic mass is 10.2. The van der Waals surface area contributed by atoms with Gasteiger partial charge in [0.15, 0.2) is 17.5 Å². The van der Waals surface area contributed by atoms with E-state index >= 15 is 0 Å². The summed E-state index contributed by atoms with van der Waals surface area (Å²) >= 11 is 0. The maximum Gasteiger partial charge on any atom is 0.203 e.